The molecule has 0 aromatic heterocycles. The van der Waals surface area contributed by atoms with Gasteiger partial charge in [0, 0.05) is 0 Å². The summed E-state index contributed by atoms with van der Waals surface area (Å²) in [6.45, 7) is 2.02. The minimum atomic E-state index is -0.743. The molecule has 1 aromatic carbocycles. The fourth-order valence-corrected chi connectivity index (χ4v) is 2.14. The summed E-state index contributed by atoms with van der Waals surface area (Å²) in [7, 11) is 4.71. The molecule has 0 heterocycles. The smallest absolute Gasteiger partial charge is 0.203 e. The average Bonchev–Trinajstić information content (AvgIpc) is 2.96. The van der Waals surface area contributed by atoms with Gasteiger partial charge in [0.15, 0.2) is 11.5 Å². The van der Waals surface area contributed by atoms with Gasteiger partial charge in [-0.25, -0.2) is 0 Å². The van der Waals surface area contributed by atoms with Crippen LogP contribution in [0.1, 0.15) is 18.9 Å². The lowest BCUT2D eigenvalue weighted by atomic mass is 10.0. The molecule has 0 amide bonds. The van der Waals surface area contributed by atoms with Crippen molar-refractivity contribution < 1.29 is 19.3 Å². The highest BCUT2D eigenvalue weighted by Crippen LogP contribution is 2.54. The summed E-state index contributed by atoms with van der Waals surface area (Å²) in [5, 5.41) is 10.3. The second-order valence-electron chi connectivity index (χ2n) is 4.44. The molecule has 1 aliphatic rings. The van der Waals surface area contributed by atoms with Crippen LogP contribution in [0.25, 0.3) is 0 Å². The summed E-state index contributed by atoms with van der Waals surface area (Å²) in [5.74, 6) is 1.98. The molecule has 94 valence electrons. The minimum Gasteiger partial charge on any atom is -0.493 e. The van der Waals surface area contributed by atoms with Crippen molar-refractivity contribution in [1.29, 1.82) is 0 Å². The Morgan fingerprint density at radius 3 is 1.88 bits per heavy atom. The topological polar surface area (TPSA) is 47.9 Å². The van der Waals surface area contributed by atoms with Gasteiger partial charge in [-0.05, 0) is 30.0 Å². The first-order valence-corrected chi connectivity index (χ1v) is 5.59. The van der Waals surface area contributed by atoms with Crippen LogP contribution < -0.4 is 14.2 Å². The highest BCUT2D eigenvalue weighted by molar-refractivity contribution is 5.55. The number of benzene rings is 1. The van der Waals surface area contributed by atoms with E-state index in [0.717, 1.165) is 12.0 Å². The van der Waals surface area contributed by atoms with Gasteiger partial charge >= 0.3 is 0 Å². The predicted octanol–water partition coefficient (Wildman–Crippen LogP) is 1.94. The second-order valence-corrected chi connectivity index (χ2v) is 4.44. The van der Waals surface area contributed by atoms with Gasteiger partial charge < -0.3 is 19.3 Å². The molecule has 0 saturated heterocycles. The molecule has 4 nitrogen and oxygen atoms in total. The maximum absolute atomic E-state index is 10.3. The molecule has 1 aromatic rings. The van der Waals surface area contributed by atoms with Crippen molar-refractivity contribution in [3.63, 3.8) is 0 Å². The Morgan fingerprint density at radius 2 is 1.59 bits per heavy atom. The normalized spacial score (nSPS) is 26.5. The third-order valence-electron chi connectivity index (χ3n) is 3.44. The Labute approximate surface area is 101 Å². The molecule has 2 rings (SSSR count). The van der Waals surface area contributed by atoms with Crippen LogP contribution in [-0.2, 0) is 5.60 Å². The van der Waals surface area contributed by atoms with Crippen LogP contribution in [-0.4, -0.2) is 26.4 Å². The zero-order valence-corrected chi connectivity index (χ0v) is 10.6. The number of rotatable bonds is 4. The molecule has 17 heavy (non-hydrogen) atoms. The first-order chi connectivity index (χ1) is 8.06. The third-order valence-corrected chi connectivity index (χ3v) is 3.44. The largest absolute Gasteiger partial charge is 0.493 e. The second kappa shape index (κ2) is 4.11. The van der Waals surface area contributed by atoms with E-state index in [2.05, 4.69) is 0 Å². The van der Waals surface area contributed by atoms with Crippen molar-refractivity contribution in [3.8, 4) is 17.2 Å². The fourth-order valence-electron chi connectivity index (χ4n) is 2.14. The van der Waals surface area contributed by atoms with Crippen LogP contribution in [0.3, 0.4) is 0 Å². The van der Waals surface area contributed by atoms with Crippen molar-refractivity contribution in [1.82, 2.24) is 0 Å². The molecule has 2 atom stereocenters. The summed E-state index contributed by atoms with van der Waals surface area (Å²) in [6, 6.07) is 3.62. The Hall–Kier alpha value is -1.42. The molecule has 0 spiro atoms. The van der Waals surface area contributed by atoms with Crippen molar-refractivity contribution in [2.75, 3.05) is 21.3 Å². The van der Waals surface area contributed by atoms with Crippen LogP contribution in [0.2, 0.25) is 0 Å². The average molecular weight is 238 g/mol. The SMILES string of the molecule is COc1cc(C2(O)CC2C)cc(OC)c1OC. The minimum absolute atomic E-state index is 0.269. The maximum atomic E-state index is 10.3. The summed E-state index contributed by atoms with van der Waals surface area (Å²) in [5.41, 5.74) is 0.0758. The lowest BCUT2D eigenvalue weighted by Gasteiger charge is -2.17. The first-order valence-electron chi connectivity index (χ1n) is 5.59. The van der Waals surface area contributed by atoms with Crippen molar-refractivity contribution >= 4 is 0 Å². The van der Waals surface area contributed by atoms with E-state index in [9.17, 15) is 5.11 Å². The molecular formula is C13H18O4. The summed E-state index contributed by atoms with van der Waals surface area (Å²) in [6.07, 6.45) is 0.769. The van der Waals surface area contributed by atoms with Crippen LogP contribution in [0, 0.1) is 5.92 Å². The van der Waals surface area contributed by atoms with Gasteiger partial charge in [0.05, 0.1) is 26.9 Å². The quantitative estimate of drug-likeness (QED) is 0.870. The van der Waals surface area contributed by atoms with E-state index in [1.54, 1.807) is 21.3 Å². The van der Waals surface area contributed by atoms with Crippen LogP contribution >= 0.6 is 0 Å². The number of hydrogen-bond acceptors (Lipinski definition) is 4. The highest BCUT2D eigenvalue weighted by Gasteiger charge is 2.51. The zero-order chi connectivity index (χ0) is 12.6. The van der Waals surface area contributed by atoms with Crippen LogP contribution in [0.15, 0.2) is 12.1 Å². The number of aliphatic hydroxyl groups is 1. The van der Waals surface area contributed by atoms with Gasteiger partial charge in [0.25, 0.3) is 0 Å². The molecule has 4 heteroatoms. The Kier molecular flexibility index (Phi) is 2.91. The van der Waals surface area contributed by atoms with E-state index in [1.165, 1.54) is 0 Å². The summed E-state index contributed by atoms with van der Waals surface area (Å²) >= 11 is 0. The maximum Gasteiger partial charge on any atom is 0.203 e. The van der Waals surface area contributed by atoms with Crippen LogP contribution in [0.5, 0.6) is 17.2 Å². The Balaban J connectivity index is 2.49. The van der Waals surface area contributed by atoms with Gasteiger partial charge in [0.1, 0.15) is 0 Å². The van der Waals surface area contributed by atoms with Gasteiger partial charge in [-0.1, -0.05) is 6.92 Å². The van der Waals surface area contributed by atoms with E-state index in [-0.39, 0.29) is 5.92 Å². The molecule has 0 radical (unpaired) electrons. The standard InChI is InChI=1S/C13H18O4/c1-8-7-13(8,14)9-5-10(15-2)12(17-4)11(6-9)16-3/h5-6,8,14H,7H2,1-4H3. The number of hydrogen-bond donors (Lipinski definition) is 1. The molecule has 0 bridgehead atoms. The zero-order valence-electron chi connectivity index (χ0n) is 10.6. The molecule has 1 aliphatic carbocycles. The molecule has 1 fully saturated rings. The highest BCUT2D eigenvalue weighted by atomic mass is 16.5. The fraction of sp³-hybridized carbons (Fsp3) is 0.538. The monoisotopic (exact) mass is 238 g/mol. The molecule has 1 saturated carbocycles. The Bertz CT molecular complexity index is 404. The molecule has 2 unspecified atom stereocenters. The van der Waals surface area contributed by atoms with Gasteiger partial charge in [-0.3, -0.25) is 0 Å². The van der Waals surface area contributed by atoms with E-state index in [1.807, 2.05) is 19.1 Å². The van der Waals surface area contributed by atoms with E-state index >= 15 is 0 Å². The van der Waals surface area contributed by atoms with Gasteiger partial charge in [-0.2, -0.15) is 0 Å². The first kappa shape index (κ1) is 12.0. The lowest BCUT2D eigenvalue weighted by molar-refractivity contribution is 0.134. The third kappa shape index (κ3) is 1.82. The van der Waals surface area contributed by atoms with Gasteiger partial charge in [-0.15, -0.1) is 0 Å². The lowest BCUT2D eigenvalue weighted by Crippen LogP contribution is -2.08. The molecule has 0 aliphatic heterocycles. The van der Waals surface area contributed by atoms with E-state index in [4.69, 9.17) is 14.2 Å². The summed E-state index contributed by atoms with van der Waals surface area (Å²) < 4.78 is 15.8. The number of methoxy groups -OCH3 is 3. The van der Waals surface area contributed by atoms with Crippen molar-refractivity contribution in [2.45, 2.75) is 18.9 Å². The van der Waals surface area contributed by atoms with Gasteiger partial charge in [0.2, 0.25) is 5.75 Å². The van der Waals surface area contributed by atoms with E-state index < -0.39 is 5.60 Å². The van der Waals surface area contributed by atoms with E-state index in [0.29, 0.717) is 17.2 Å². The summed E-state index contributed by atoms with van der Waals surface area (Å²) in [4.78, 5) is 0. The van der Waals surface area contributed by atoms with Crippen molar-refractivity contribution in [3.05, 3.63) is 17.7 Å². The van der Waals surface area contributed by atoms with Crippen LogP contribution in [0.4, 0.5) is 0 Å². The Morgan fingerprint density at radius 1 is 1.12 bits per heavy atom. The number of ether oxygens (including phenoxy) is 3. The molecule has 1 N–H and O–H groups in total. The predicted molar refractivity (Wildman–Crippen MR) is 63.8 cm³/mol. The molecular weight excluding hydrogens is 220 g/mol. The van der Waals surface area contributed by atoms with Crippen molar-refractivity contribution in [2.24, 2.45) is 5.92 Å².